The Kier molecular flexibility index (Phi) is 3.77. The Bertz CT molecular complexity index is 342. The Labute approximate surface area is 90.5 Å². The maximum absolute atomic E-state index is 11.8. The molecule has 1 heterocycles. The minimum absolute atomic E-state index is 0.0535. The van der Waals surface area contributed by atoms with Crippen LogP contribution in [-0.4, -0.2) is 17.0 Å². The minimum Gasteiger partial charge on any atom is -0.397 e. The van der Waals surface area contributed by atoms with Crippen molar-refractivity contribution in [2.24, 2.45) is 5.92 Å². The van der Waals surface area contributed by atoms with Crippen LogP contribution in [0.3, 0.4) is 0 Å². The van der Waals surface area contributed by atoms with Gasteiger partial charge in [-0.25, -0.2) is 0 Å². The number of aryl methyl sites for hydroxylation is 1. The highest BCUT2D eigenvalue weighted by molar-refractivity contribution is 5.93. The average Bonchev–Trinajstić information content (AvgIpc) is 2.56. The number of nitrogens with one attached hydrogen (secondary N) is 1. The number of carbonyl (C=O) groups is 1. The Morgan fingerprint density at radius 3 is 2.80 bits per heavy atom. The van der Waals surface area contributed by atoms with Gasteiger partial charge in [-0.15, -0.1) is 0 Å². The molecule has 84 valence electrons. The molecule has 0 saturated heterocycles. The molecular weight excluding hydrogens is 190 g/mol. The van der Waals surface area contributed by atoms with Crippen molar-refractivity contribution in [1.82, 2.24) is 9.88 Å². The van der Waals surface area contributed by atoms with Crippen molar-refractivity contribution in [3.63, 3.8) is 0 Å². The molecule has 4 nitrogen and oxygen atoms in total. The molecule has 0 radical (unpaired) electrons. The summed E-state index contributed by atoms with van der Waals surface area (Å²) in [6, 6.07) is 1.71. The van der Waals surface area contributed by atoms with Crippen molar-refractivity contribution < 1.29 is 4.79 Å². The van der Waals surface area contributed by atoms with Crippen LogP contribution >= 0.6 is 0 Å². The van der Waals surface area contributed by atoms with Gasteiger partial charge in [0.25, 0.3) is 5.91 Å². The zero-order chi connectivity index (χ0) is 11.4. The van der Waals surface area contributed by atoms with Crippen LogP contribution in [0.1, 0.15) is 31.3 Å². The van der Waals surface area contributed by atoms with Gasteiger partial charge in [-0.05, 0) is 18.9 Å². The van der Waals surface area contributed by atoms with E-state index in [1.807, 2.05) is 11.5 Å². The Morgan fingerprint density at radius 2 is 2.27 bits per heavy atom. The second kappa shape index (κ2) is 4.87. The van der Waals surface area contributed by atoms with Crippen molar-refractivity contribution in [3.8, 4) is 0 Å². The third-order valence-corrected chi connectivity index (χ3v) is 2.16. The molecule has 1 aromatic rings. The van der Waals surface area contributed by atoms with Gasteiger partial charge in [-0.1, -0.05) is 13.8 Å². The van der Waals surface area contributed by atoms with Gasteiger partial charge in [-0.2, -0.15) is 0 Å². The van der Waals surface area contributed by atoms with Crippen LogP contribution in [0.25, 0.3) is 0 Å². The lowest BCUT2D eigenvalue weighted by atomic mass is 10.2. The number of carbonyl (C=O) groups excluding carboxylic acids is 1. The van der Waals surface area contributed by atoms with Crippen molar-refractivity contribution >= 4 is 11.6 Å². The lowest BCUT2D eigenvalue weighted by Crippen LogP contribution is -2.29. The molecule has 0 spiro atoms. The van der Waals surface area contributed by atoms with Gasteiger partial charge in [0.1, 0.15) is 5.69 Å². The monoisotopic (exact) mass is 209 g/mol. The molecule has 15 heavy (non-hydrogen) atoms. The van der Waals surface area contributed by atoms with E-state index in [1.165, 1.54) is 0 Å². The predicted octanol–water partition coefficient (Wildman–Crippen LogP) is 1.48. The summed E-state index contributed by atoms with van der Waals surface area (Å²) in [5.41, 5.74) is 6.91. The molecule has 1 aromatic heterocycles. The lowest BCUT2D eigenvalue weighted by molar-refractivity contribution is 0.0940. The number of nitrogens with zero attached hydrogens (tertiary/aromatic N) is 1. The van der Waals surface area contributed by atoms with Crippen LogP contribution in [0, 0.1) is 5.92 Å². The fraction of sp³-hybridized carbons (Fsp3) is 0.545. The third-order valence-electron chi connectivity index (χ3n) is 2.16. The molecule has 0 aliphatic rings. The highest BCUT2D eigenvalue weighted by Crippen LogP contribution is 2.10. The van der Waals surface area contributed by atoms with Crippen molar-refractivity contribution in [1.29, 1.82) is 0 Å². The standard InChI is InChI=1S/C11H19N3O/c1-4-14-7-9(12)5-10(14)11(15)13-6-8(2)3/h5,7-8H,4,6,12H2,1-3H3,(H,13,15). The summed E-state index contributed by atoms with van der Waals surface area (Å²) in [7, 11) is 0. The Balaban J connectivity index is 2.72. The van der Waals surface area contributed by atoms with E-state index in [-0.39, 0.29) is 5.91 Å². The first-order valence-electron chi connectivity index (χ1n) is 5.28. The molecule has 4 heteroatoms. The van der Waals surface area contributed by atoms with E-state index in [4.69, 9.17) is 5.73 Å². The fourth-order valence-electron chi connectivity index (χ4n) is 1.37. The van der Waals surface area contributed by atoms with E-state index >= 15 is 0 Å². The van der Waals surface area contributed by atoms with Crippen LogP contribution in [0.4, 0.5) is 5.69 Å². The van der Waals surface area contributed by atoms with Gasteiger partial charge in [0.15, 0.2) is 0 Å². The highest BCUT2D eigenvalue weighted by Gasteiger charge is 2.11. The molecule has 0 atom stereocenters. The highest BCUT2D eigenvalue weighted by atomic mass is 16.1. The number of nitrogen functional groups attached to an aromatic ring is 1. The van der Waals surface area contributed by atoms with Crippen molar-refractivity contribution in [3.05, 3.63) is 18.0 Å². The van der Waals surface area contributed by atoms with Gasteiger partial charge < -0.3 is 15.6 Å². The first-order chi connectivity index (χ1) is 7.04. The largest absolute Gasteiger partial charge is 0.397 e. The summed E-state index contributed by atoms with van der Waals surface area (Å²) >= 11 is 0. The van der Waals surface area contributed by atoms with E-state index in [0.29, 0.717) is 23.8 Å². The third kappa shape index (κ3) is 3.01. The smallest absolute Gasteiger partial charge is 0.267 e. The number of anilines is 1. The molecule has 1 rings (SSSR count). The molecule has 0 aromatic carbocycles. The quantitative estimate of drug-likeness (QED) is 0.789. The lowest BCUT2D eigenvalue weighted by Gasteiger charge is -2.09. The number of hydrogen-bond acceptors (Lipinski definition) is 2. The maximum Gasteiger partial charge on any atom is 0.267 e. The summed E-state index contributed by atoms with van der Waals surface area (Å²) in [6.07, 6.45) is 1.78. The van der Waals surface area contributed by atoms with Crippen LogP contribution in [0.15, 0.2) is 12.3 Å². The van der Waals surface area contributed by atoms with Gasteiger partial charge in [0, 0.05) is 19.3 Å². The molecule has 0 saturated carbocycles. The number of aromatic nitrogens is 1. The Hall–Kier alpha value is -1.45. The van der Waals surface area contributed by atoms with Gasteiger partial charge in [0.05, 0.1) is 5.69 Å². The molecule has 0 unspecified atom stereocenters. The van der Waals surface area contributed by atoms with Gasteiger partial charge >= 0.3 is 0 Å². The zero-order valence-corrected chi connectivity index (χ0v) is 9.58. The summed E-state index contributed by atoms with van der Waals surface area (Å²) in [4.78, 5) is 11.8. The van der Waals surface area contributed by atoms with Gasteiger partial charge in [0.2, 0.25) is 0 Å². The van der Waals surface area contributed by atoms with Crippen LogP contribution in [0.5, 0.6) is 0 Å². The molecule has 0 aliphatic carbocycles. The molecule has 1 amide bonds. The predicted molar refractivity (Wildman–Crippen MR) is 61.7 cm³/mol. The van der Waals surface area contributed by atoms with Gasteiger partial charge in [-0.3, -0.25) is 4.79 Å². The molecule has 0 aliphatic heterocycles. The SMILES string of the molecule is CCn1cc(N)cc1C(=O)NCC(C)C. The summed E-state index contributed by atoms with van der Waals surface area (Å²) in [5.74, 6) is 0.401. The number of nitrogens with two attached hydrogens (primary N) is 1. The van der Waals surface area contributed by atoms with Crippen LogP contribution in [0.2, 0.25) is 0 Å². The minimum atomic E-state index is -0.0535. The Morgan fingerprint density at radius 1 is 1.60 bits per heavy atom. The normalized spacial score (nSPS) is 10.7. The number of rotatable bonds is 4. The first kappa shape index (κ1) is 11.6. The number of hydrogen-bond donors (Lipinski definition) is 2. The topological polar surface area (TPSA) is 60.0 Å². The molecule has 0 bridgehead atoms. The van der Waals surface area contributed by atoms with Crippen molar-refractivity contribution in [2.75, 3.05) is 12.3 Å². The van der Waals surface area contributed by atoms with E-state index < -0.39 is 0 Å². The molecular formula is C11H19N3O. The van der Waals surface area contributed by atoms with E-state index in [9.17, 15) is 4.79 Å². The molecule has 0 fully saturated rings. The molecule has 3 N–H and O–H groups in total. The number of amides is 1. The van der Waals surface area contributed by atoms with E-state index in [2.05, 4.69) is 19.2 Å². The van der Waals surface area contributed by atoms with E-state index in [0.717, 1.165) is 6.54 Å². The van der Waals surface area contributed by atoms with Crippen LogP contribution < -0.4 is 11.1 Å². The fourth-order valence-corrected chi connectivity index (χ4v) is 1.37. The van der Waals surface area contributed by atoms with E-state index in [1.54, 1.807) is 12.3 Å². The summed E-state index contributed by atoms with van der Waals surface area (Å²) in [5, 5.41) is 2.87. The average molecular weight is 209 g/mol. The zero-order valence-electron chi connectivity index (χ0n) is 9.58. The maximum atomic E-state index is 11.8. The van der Waals surface area contributed by atoms with Crippen LogP contribution in [-0.2, 0) is 6.54 Å². The summed E-state index contributed by atoms with van der Waals surface area (Å²) in [6.45, 7) is 7.55. The second-order valence-electron chi connectivity index (χ2n) is 4.05. The first-order valence-corrected chi connectivity index (χ1v) is 5.28. The summed E-state index contributed by atoms with van der Waals surface area (Å²) < 4.78 is 1.85. The second-order valence-corrected chi connectivity index (χ2v) is 4.05. The van der Waals surface area contributed by atoms with Crippen molar-refractivity contribution in [2.45, 2.75) is 27.3 Å².